The van der Waals surface area contributed by atoms with Gasteiger partial charge in [0.25, 0.3) is 0 Å². The van der Waals surface area contributed by atoms with Crippen molar-refractivity contribution < 1.29 is 32.6 Å². The lowest BCUT2D eigenvalue weighted by atomic mass is 10.0. The van der Waals surface area contributed by atoms with Gasteiger partial charge in [0.05, 0.1) is 17.9 Å². The molecule has 0 radical (unpaired) electrons. The van der Waals surface area contributed by atoms with E-state index in [1.165, 1.54) is 19.1 Å². The maximum atomic E-state index is 13.9. The summed E-state index contributed by atoms with van der Waals surface area (Å²) in [6, 6.07) is 6.68. The zero-order chi connectivity index (χ0) is 19.3. The average molecular weight is 365 g/mol. The van der Waals surface area contributed by atoms with Gasteiger partial charge in [-0.1, -0.05) is 12.1 Å². The number of carbonyl (C=O) groups is 2. The van der Waals surface area contributed by atoms with Gasteiger partial charge in [0.1, 0.15) is 17.1 Å². The van der Waals surface area contributed by atoms with E-state index >= 15 is 0 Å². The molecule has 5 nitrogen and oxygen atoms in total. The van der Waals surface area contributed by atoms with Crippen LogP contribution in [0.1, 0.15) is 17.3 Å². The van der Waals surface area contributed by atoms with Gasteiger partial charge >= 0.3 is 5.97 Å². The lowest BCUT2D eigenvalue weighted by Gasteiger charge is -2.09. The molecule has 0 aliphatic heterocycles. The number of halogens is 3. The molecule has 0 saturated heterocycles. The average Bonchev–Trinajstić information content (AvgIpc) is 2.59. The summed E-state index contributed by atoms with van der Waals surface area (Å²) in [6.45, 7) is 1.40. The van der Waals surface area contributed by atoms with Gasteiger partial charge in [-0.05, 0) is 25.1 Å². The maximum Gasteiger partial charge on any atom is 0.343 e. The molecule has 0 amide bonds. The van der Waals surface area contributed by atoms with E-state index in [1.807, 2.05) is 0 Å². The van der Waals surface area contributed by atoms with Crippen LogP contribution < -0.4 is 5.32 Å². The number of esters is 1. The normalized spacial score (nSPS) is 11.2. The van der Waals surface area contributed by atoms with Crippen LogP contribution in [-0.4, -0.2) is 23.5 Å². The van der Waals surface area contributed by atoms with Gasteiger partial charge in [-0.2, -0.15) is 0 Å². The number of phenolic OH excluding ortho intramolecular Hbond substituents is 1. The molecule has 0 fully saturated rings. The minimum absolute atomic E-state index is 0.0833. The number of Topliss-reactive ketones (excluding diaryl/α,β-unsaturated/α-hetero) is 1. The Balaban J connectivity index is 2.45. The molecule has 26 heavy (non-hydrogen) atoms. The van der Waals surface area contributed by atoms with Gasteiger partial charge in [-0.3, -0.25) is 4.79 Å². The van der Waals surface area contributed by atoms with Gasteiger partial charge in [-0.25, -0.2) is 18.0 Å². The van der Waals surface area contributed by atoms with E-state index in [2.05, 4.69) is 5.32 Å². The molecule has 0 aromatic heterocycles. The number of hydrogen-bond acceptors (Lipinski definition) is 5. The second kappa shape index (κ2) is 8.19. The first-order chi connectivity index (χ1) is 12.3. The predicted octanol–water partition coefficient (Wildman–Crippen LogP) is 3.55. The first kappa shape index (κ1) is 19.0. The Labute approximate surface area is 146 Å². The van der Waals surface area contributed by atoms with Gasteiger partial charge in [-0.15, -0.1) is 0 Å². The third-order valence-corrected chi connectivity index (χ3v) is 3.25. The van der Waals surface area contributed by atoms with Crippen LogP contribution in [0.4, 0.5) is 18.9 Å². The van der Waals surface area contributed by atoms with Crippen molar-refractivity contribution in [3.8, 4) is 5.75 Å². The zero-order valence-corrected chi connectivity index (χ0v) is 13.6. The maximum absolute atomic E-state index is 13.9. The summed E-state index contributed by atoms with van der Waals surface area (Å²) in [6.07, 6.45) is 0.873. The van der Waals surface area contributed by atoms with Crippen LogP contribution in [0.25, 0.3) is 0 Å². The van der Waals surface area contributed by atoms with Crippen LogP contribution >= 0.6 is 0 Å². The van der Waals surface area contributed by atoms with Crippen molar-refractivity contribution in [2.24, 2.45) is 0 Å². The van der Waals surface area contributed by atoms with Crippen LogP contribution in [-0.2, 0) is 9.53 Å². The molecule has 0 atom stereocenters. The van der Waals surface area contributed by atoms with Crippen molar-refractivity contribution in [3.05, 3.63) is 71.2 Å². The molecule has 0 unspecified atom stereocenters. The molecule has 0 bridgehead atoms. The third kappa shape index (κ3) is 4.21. The first-order valence-corrected chi connectivity index (χ1v) is 7.46. The van der Waals surface area contributed by atoms with Crippen LogP contribution in [0.3, 0.4) is 0 Å². The Morgan fingerprint density at radius 2 is 1.88 bits per heavy atom. The molecule has 2 aromatic rings. The number of aromatic hydroxyl groups is 1. The van der Waals surface area contributed by atoms with E-state index in [0.29, 0.717) is 6.07 Å². The van der Waals surface area contributed by atoms with E-state index in [1.54, 1.807) is 12.1 Å². The number of ether oxygens (including phenoxy) is 1. The van der Waals surface area contributed by atoms with E-state index in [4.69, 9.17) is 4.74 Å². The second-order valence-corrected chi connectivity index (χ2v) is 5.02. The van der Waals surface area contributed by atoms with E-state index in [0.717, 1.165) is 6.20 Å². The smallest absolute Gasteiger partial charge is 0.343 e. The fraction of sp³-hybridized carbons (Fsp3) is 0.111. The van der Waals surface area contributed by atoms with E-state index in [-0.39, 0.29) is 24.1 Å². The highest BCUT2D eigenvalue weighted by Crippen LogP contribution is 2.23. The van der Waals surface area contributed by atoms with Crippen molar-refractivity contribution in [2.75, 3.05) is 11.9 Å². The first-order valence-electron chi connectivity index (χ1n) is 7.46. The summed E-state index contributed by atoms with van der Waals surface area (Å²) in [5.41, 5.74) is -1.51. The Bertz CT molecular complexity index is 881. The summed E-state index contributed by atoms with van der Waals surface area (Å²) in [5, 5.41) is 12.2. The molecule has 0 heterocycles. The fourth-order valence-electron chi connectivity index (χ4n) is 2.04. The summed E-state index contributed by atoms with van der Waals surface area (Å²) in [4.78, 5) is 24.5. The summed E-state index contributed by atoms with van der Waals surface area (Å²) in [7, 11) is 0. The highest BCUT2D eigenvalue weighted by Gasteiger charge is 2.26. The van der Waals surface area contributed by atoms with Gasteiger partial charge < -0.3 is 15.2 Å². The van der Waals surface area contributed by atoms with E-state index in [9.17, 15) is 27.9 Å². The lowest BCUT2D eigenvalue weighted by Crippen LogP contribution is -2.19. The molecule has 136 valence electrons. The number of anilines is 1. The summed E-state index contributed by atoms with van der Waals surface area (Å²) in [5.74, 6) is -6.90. The van der Waals surface area contributed by atoms with E-state index < -0.39 is 40.3 Å². The summed E-state index contributed by atoms with van der Waals surface area (Å²) < 4.78 is 45.3. The number of hydrogen-bond donors (Lipinski definition) is 2. The minimum atomic E-state index is -1.59. The Morgan fingerprint density at radius 1 is 1.19 bits per heavy atom. The van der Waals surface area contributed by atoms with Crippen molar-refractivity contribution in [1.82, 2.24) is 0 Å². The van der Waals surface area contributed by atoms with Crippen LogP contribution in [0, 0.1) is 17.5 Å². The quantitative estimate of drug-likeness (QED) is 0.156. The number of nitrogens with one attached hydrogen (secondary N) is 1. The van der Waals surface area contributed by atoms with Gasteiger partial charge in [0, 0.05) is 12.3 Å². The topological polar surface area (TPSA) is 75.6 Å². The van der Waals surface area contributed by atoms with Crippen molar-refractivity contribution in [1.29, 1.82) is 0 Å². The number of carbonyl (C=O) groups excluding carboxylic acids is 2. The van der Waals surface area contributed by atoms with Crippen LogP contribution in [0.15, 0.2) is 48.2 Å². The molecule has 0 spiro atoms. The van der Waals surface area contributed by atoms with Crippen molar-refractivity contribution >= 4 is 17.4 Å². The molecular formula is C18H14F3NO4. The Kier molecular flexibility index (Phi) is 6.00. The van der Waals surface area contributed by atoms with Gasteiger partial charge in [0.2, 0.25) is 5.78 Å². The number of para-hydroxylation sites is 2. The Hall–Kier alpha value is -3.29. The van der Waals surface area contributed by atoms with Crippen LogP contribution in [0.5, 0.6) is 5.75 Å². The molecule has 2 rings (SSSR count). The number of phenols is 1. The largest absolute Gasteiger partial charge is 0.506 e. The molecule has 0 aliphatic carbocycles. The standard InChI is InChI=1S/C18H14F3NO4/c1-2-26-18(25)12(9-22-14-5-3-4-6-15(14)23)17(24)11-7-10(19)8-13(20)16(11)21/h3-9,22-23H,2H2,1H3/b12-9-. The van der Waals surface area contributed by atoms with Crippen molar-refractivity contribution in [2.45, 2.75) is 6.92 Å². The lowest BCUT2D eigenvalue weighted by molar-refractivity contribution is -0.138. The SMILES string of the molecule is CCOC(=O)/C(=C\Nc1ccccc1O)C(=O)c1cc(F)cc(F)c1F. The highest BCUT2D eigenvalue weighted by molar-refractivity contribution is 6.24. The second-order valence-electron chi connectivity index (χ2n) is 5.02. The molecule has 2 aromatic carbocycles. The van der Waals surface area contributed by atoms with Crippen LogP contribution in [0.2, 0.25) is 0 Å². The Morgan fingerprint density at radius 3 is 2.54 bits per heavy atom. The highest BCUT2D eigenvalue weighted by atomic mass is 19.2. The van der Waals surface area contributed by atoms with Crippen molar-refractivity contribution in [3.63, 3.8) is 0 Å². The molecular weight excluding hydrogens is 351 g/mol. The predicted molar refractivity (Wildman–Crippen MR) is 87.1 cm³/mol. The monoisotopic (exact) mass is 365 g/mol. The molecule has 8 heteroatoms. The summed E-state index contributed by atoms with van der Waals surface area (Å²) >= 11 is 0. The molecule has 2 N–H and O–H groups in total. The fourth-order valence-corrected chi connectivity index (χ4v) is 2.04. The third-order valence-electron chi connectivity index (χ3n) is 3.25. The molecule has 0 aliphatic rings. The minimum Gasteiger partial charge on any atom is -0.506 e. The number of ketones is 1. The number of rotatable bonds is 6. The number of benzene rings is 2. The zero-order valence-electron chi connectivity index (χ0n) is 13.6. The molecule has 0 saturated carbocycles. The van der Waals surface area contributed by atoms with Gasteiger partial charge in [0.15, 0.2) is 11.6 Å².